The molecule has 0 aliphatic carbocycles. The van der Waals surface area contributed by atoms with E-state index in [0.29, 0.717) is 48.6 Å². The summed E-state index contributed by atoms with van der Waals surface area (Å²) in [5.41, 5.74) is 1.45. The van der Waals surface area contributed by atoms with E-state index in [0.717, 1.165) is 63.2 Å². The van der Waals surface area contributed by atoms with Crippen molar-refractivity contribution in [3.8, 4) is 0 Å². The number of halogens is 2. The number of rotatable bonds is 20. The number of hydrogen-bond donors (Lipinski definition) is 0. The van der Waals surface area contributed by atoms with Crippen LogP contribution < -0.4 is 0 Å². The van der Waals surface area contributed by atoms with Crippen LogP contribution in [-0.2, 0) is 34.9 Å². The molecule has 0 spiro atoms. The first-order chi connectivity index (χ1) is 18.5. The van der Waals surface area contributed by atoms with E-state index in [1.807, 2.05) is 6.07 Å². The van der Waals surface area contributed by atoms with Gasteiger partial charge in [-0.3, -0.25) is 0 Å². The van der Waals surface area contributed by atoms with Crippen LogP contribution in [0.5, 0.6) is 0 Å². The first-order valence-corrected chi connectivity index (χ1v) is 15.3. The molecule has 1 unspecified atom stereocenters. The minimum atomic E-state index is -0.528. The average molecular weight is 576 g/mol. The van der Waals surface area contributed by atoms with Crippen LogP contribution in [0, 0.1) is 0 Å². The minimum Gasteiger partial charge on any atom is -0.379 e. The number of ether oxygens (including phenoxy) is 5. The highest BCUT2D eigenvalue weighted by molar-refractivity contribution is 6.35. The molecular weight excluding hydrogens is 527 g/mol. The Morgan fingerprint density at radius 2 is 1.32 bits per heavy atom. The molecule has 1 fully saturated rings. The maximum absolute atomic E-state index is 11.3. The molecule has 0 saturated carbocycles. The van der Waals surface area contributed by atoms with Gasteiger partial charge in [-0.05, 0) is 43.4 Å². The number of benzene rings is 1. The Morgan fingerprint density at radius 1 is 0.763 bits per heavy atom. The Bertz CT molecular complexity index is 792. The van der Waals surface area contributed by atoms with E-state index in [2.05, 4.69) is 27.7 Å². The van der Waals surface area contributed by atoms with Crippen molar-refractivity contribution in [2.75, 3.05) is 33.0 Å². The van der Waals surface area contributed by atoms with Crippen molar-refractivity contribution in [3.63, 3.8) is 0 Å². The van der Waals surface area contributed by atoms with Crippen LogP contribution in [0.1, 0.15) is 96.3 Å². The third kappa shape index (κ3) is 10.3. The van der Waals surface area contributed by atoms with Gasteiger partial charge in [-0.15, -0.1) is 0 Å². The quantitative estimate of drug-likeness (QED) is 0.118. The first-order valence-electron chi connectivity index (χ1n) is 14.5. The predicted molar refractivity (Wildman–Crippen MR) is 154 cm³/mol. The maximum atomic E-state index is 11.3. The van der Waals surface area contributed by atoms with E-state index < -0.39 is 12.2 Å². The van der Waals surface area contributed by atoms with Gasteiger partial charge in [0.05, 0.1) is 6.61 Å². The van der Waals surface area contributed by atoms with Crippen LogP contribution in [0.15, 0.2) is 12.1 Å². The van der Waals surface area contributed by atoms with Gasteiger partial charge in [-0.25, -0.2) is 0 Å². The zero-order valence-electron chi connectivity index (χ0n) is 23.7. The molecule has 1 aromatic rings. The lowest BCUT2D eigenvalue weighted by Gasteiger charge is -2.46. The molecule has 1 aliphatic heterocycles. The predicted octanol–water partition coefficient (Wildman–Crippen LogP) is 7.55. The summed E-state index contributed by atoms with van der Waals surface area (Å²) in [5.74, 6) is 0. The van der Waals surface area contributed by atoms with Gasteiger partial charge in [0.1, 0.15) is 36.8 Å². The molecule has 6 nitrogen and oxygen atoms in total. The molecule has 2 rings (SSSR count). The van der Waals surface area contributed by atoms with E-state index in [4.69, 9.17) is 46.9 Å². The van der Waals surface area contributed by atoms with Crippen molar-refractivity contribution in [1.29, 1.82) is 0 Å². The zero-order chi connectivity index (χ0) is 27.8. The summed E-state index contributed by atoms with van der Waals surface area (Å²) in [6.45, 7) is 11.4. The normalized spacial score (nSPS) is 23.6. The van der Waals surface area contributed by atoms with Crippen molar-refractivity contribution in [1.82, 2.24) is 0 Å². The Morgan fingerprint density at radius 3 is 1.89 bits per heavy atom. The first kappa shape index (κ1) is 33.5. The fourth-order valence-electron chi connectivity index (χ4n) is 4.49. The Kier molecular flexibility index (Phi) is 17.1. The van der Waals surface area contributed by atoms with Gasteiger partial charge in [0.2, 0.25) is 0 Å². The second-order valence-electron chi connectivity index (χ2n) is 9.93. The number of aldehydes is 1. The van der Waals surface area contributed by atoms with E-state index in [1.54, 1.807) is 6.07 Å². The average Bonchev–Trinajstić information content (AvgIpc) is 2.90. The van der Waals surface area contributed by atoms with Gasteiger partial charge in [0.25, 0.3) is 0 Å². The molecule has 1 saturated heterocycles. The number of hydrogen-bond acceptors (Lipinski definition) is 6. The Balaban J connectivity index is 2.51. The number of carbonyl (C=O) groups excluding carboxylic acids is 1. The summed E-state index contributed by atoms with van der Waals surface area (Å²) in [7, 11) is 0. The third-order valence-corrected chi connectivity index (χ3v) is 7.44. The fraction of sp³-hybridized carbons (Fsp3) is 0.767. The summed E-state index contributed by atoms with van der Waals surface area (Å²) in [6.07, 6.45) is 6.89. The van der Waals surface area contributed by atoms with Gasteiger partial charge >= 0.3 is 0 Å². The summed E-state index contributed by atoms with van der Waals surface area (Å²) < 4.78 is 32.3. The van der Waals surface area contributed by atoms with Crippen molar-refractivity contribution in [2.24, 2.45) is 0 Å². The molecule has 0 aromatic heterocycles. The van der Waals surface area contributed by atoms with E-state index in [9.17, 15) is 4.79 Å². The van der Waals surface area contributed by atoms with Crippen LogP contribution in [0.25, 0.3) is 0 Å². The summed E-state index contributed by atoms with van der Waals surface area (Å²) in [6, 6.07) is 3.56. The number of unbranched alkanes of at least 4 members (excludes halogenated alkanes) is 4. The molecule has 8 heteroatoms. The molecule has 218 valence electrons. The molecule has 5 atom stereocenters. The van der Waals surface area contributed by atoms with E-state index in [-0.39, 0.29) is 24.7 Å². The van der Waals surface area contributed by atoms with Gasteiger partial charge in [0, 0.05) is 48.5 Å². The summed E-state index contributed by atoms with van der Waals surface area (Å²) in [4.78, 5) is 11.3. The highest BCUT2D eigenvalue weighted by Gasteiger charge is 2.49. The van der Waals surface area contributed by atoms with Crippen LogP contribution >= 0.6 is 23.2 Å². The lowest BCUT2D eigenvalue weighted by molar-refractivity contribution is -0.268. The smallest absolute Gasteiger partial charge is 0.124 e. The molecular formula is C30H48Cl2O6. The Hall–Kier alpha value is -0.730. The van der Waals surface area contributed by atoms with Crippen LogP contribution in [0.3, 0.4) is 0 Å². The number of carbonyl (C=O) groups is 1. The minimum absolute atomic E-state index is 0.194. The molecule has 0 amide bonds. The monoisotopic (exact) mass is 574 g/mol. The lowest BCUT2D eigenvalue weighted by Crippen LogP contribution is -2.58. The van der Waals surface area contributed by atoms with Gasteiger partial charge in [0.15, 0.2) is 0 Å². The summed E-state index contributed by atoms with van der Waals surface area (Å²) in [5, 5.41) is 0.933. The highest BCUT2D eigenvalue weighted by Crippen LogP contribution is 2.41. The van der Waals surface area contributed by atoms with Crippen LogP contribution in [-0.4, -0.2) is 63.7 Å². The molecule has 0 radical (unpaired) electrons. The van der Waals surface area contributed by atoms with Gasteiger partial charge in [-0.1, -0.05) is 76.6 Å². The van der Waals surface area contributed by atoms with E-state index in [1.165, 1.54) is 0 Å². The largest absolute Gasteiger partial charge is 0.379 e. The summed E-state index contributed by atoms with van der Waals surface area (Å²) >= 11 is 13.2. The second kappa shape index (κ2) is 19.4. The zero-order valence-corrected chi connectivity index (χ0v) is 25.2. The van der Waals surface area contributed by atoms with Gasteiger partial charge < -0.3 is 28.5 Å². The van der Waals surface area contributed by atoms with Gasteiger partial charge in [-0.2, -0.15) is 0 Å². The maximum Gasteiger partial charge on any atom is 0.124 e. The van der Waals surface area contributed by atoms with Crippen LogP contribution in [0.2, 0.25) is 10.0 Å². The highest BCUT2D eigenvalue weighted by atomic mass is 35.5. The van der Waals surface area contributed by atoms with Crippen molar-refractivity contribution >= 4 is 29.5 Å². The topological polar surface area (TPSA) is 63.2 Å². The standard InChI is InChI=1S/C30H48Cl2O6/c1-5-9-15-34-21-26-28(35-16-10-6-2)30(37-18-12-8-4)29(36-17-11-7-3)27(38-26)23-19-22(13-14-33)24(31)20-25(23)32/h14,19-20,26-30H,5-13,15-18,21H2,1-4H3/t26-,27?,28-,29+,30+/m1/s1. The molecule has 0 bridgehead atoms. The van der Waals surface area contributed by atoms with E-state index >= 15 is 0 Å². The molecule has 38 heavy (non-hydrogen) atoms. The lowest BCUT2D eigenvalue weighted by atomic mass is 9.89. The molecule has 1 aliphatic rings. The third-order valence-electron chi connectivity index (χ3n) is 6.76. The van der Waals surface area contributed by atoms with Crippen molar-refractivity contribution in [3.05, 3.63) is 33.3 Å². The SMILES string of the molecule is CCCCOC[C@H]1OC(c2cc(CC=O)c(Cl)cc2Cl)[C@H](OCCCC)[C@@H](OCCCC)[C@@H]1OCCCC. The molecule has 1 aromatic carbocycles. The van der Waals surface area contributed by atoms with Crippen LogP contribution in [0.4, 0.5) is 0 Å². The fourth-order valence-corrected chi connectivity index (χ4v) is 5.05. The Labute approximate surface area is 240 Å². The second-order valence-corrected chi connectivity index (χ2v) is 10.7. The molecule has 0 N–H and O–H groups in total. The molecule has 1 heterocycles. The van der Waals surface area contributed by atoms with Crippen molar-refractivity contribution in [2.45, 2.75) is 116 Å². The van der Waals surface area contributed by atoms with Crippen molar-refractivity contribution < 1.29 is 28.5 Å².